The van der Waals surface area contributed by atoms with Crippen molar-refractivity contribution in [1.82, 2.24) is 4.98 Å². The van der Waals surface area contributed by atoms with Gasteiger partial charge >= 0.3 is 11.7 Å². The minimum absolute atomic E-state index is 0.0579. The van der Waals surface area contributed by atoms with Crippen molar-refractivity contribution in [1.29, 1.82) is 0 Å². The summed E-state index contributed by atoms with van der Waals surface area (Å²) in [5, 5.41) is 11.0. The van der Waals surface area contributed by atoms with Crippen molar-refractivity contribution >= 4 is 27.3 Å². The van der Waals surface area contributed by atoms with E-state index < -0.39 is 14.8 Å². The zero-order valence-electron chi connectivity index (χ0n) is 14.2. The molecule has 1 aliphatic heterocycles. The molecule has 0 atom stereocenters. The fraction of sp³-hybridized carbons (Fsp3) is 0.600. The second kappa shape index (κ2) is 7.77. The standard InChI is InChI=1S/C15H21N3O6S/c1-3-24-14(19)10-11-6-8-17(9-7-11)15-12(18(20)21)4-5-13(16-15)25(2,22)23/h4-5,11H,3,6-10H2,1-2H3. The molecule has 1 aromatic rings. The fourth-order valence-corrected chi connectivity index (χ4v) is 3.38. The molecular weight excluding hydrogens is 350 g/mol. The van der Waals surface area contributed by atoms with E-state index in [9.17, 15) is 23.3 Å². The molecule has 9 nitrogen and oxygen atoms in total. The van der Waals surface area contributed by atoms with Gasteiger partial charge in [-0.2, -0.15) is 0 Å². The van der Waals surface area contributed by atoms with Crippen LogP contribution >= 0.6 is 0 Å². The topological polar surface area (TPSA) is 120 Å². The number of pyridine rings is 1. The van der Waals surface area contributed by atoms with Crippen LogP contribution in [0.2, 0.25) is 0 Å². The van der Waals surface area contributed by atoms with Gasteiger partial charge in [0.25, 0.3) is 0 Å². The average molecular weight is 371 g/mol. The van der Waals surface area contributed by atoms with Gasteiger partial charge in [0.15, 0.2) is 14.9 Å². The molecular formula is C15H21N3O6S. The number of carbonyl (C=O) groups is 1. The van der Waals surface area contributed by atoms with Gasteiger partial charge in [0.2, 0.25) is 5.82 Å². The summed E-state index contributed by atoms with van der Waals surface area (Å²) in [5.41, 5.74) is -0.226. The maximum absolute atomic E-state index is 11.7. The predicted molar refractivity (Wildman–Crippen MR) is 90.2 cm³/mol. The molecule has 1 fully saturated rings. The summed E-state index contributed by atoms with van der Waals surface area (Å²) in [4.78, 5) is 27.9. The Morgan fingerprint density at radius 3 is 2.56 bits per heavy atom. The normalized spacial score (nSPS) is 15.8. The van der Waals surface area contributed by atoms with E-state index in [2.05, 4.69) is 4.98 Å². The number of piperidine rings is 1. The Labute approximate surface area is 146 Å². The number of nitrogens with zero attached hydrogens (tertiary/aromatic N) is 3. The van der Waals surface area contributed by atoms with Gasteiger partial charge in [-0.05, 0) is 31.7 Å². The number of sulfone groups is 1. The van der Waals surface area contributed by atoms with E-state index in [1.807, 2.05) is 0 Å². The number of esters is 1. The molecule has 10 heteroatoms. The predicted octanol–water partition coefficient (Wildman–Crippen LogP) is 1.56. The molecule has 0 aromatic carbocycles. The lowest BCUT2D eigenvalue weighted by Crippen LogP contribution is -2.35. The Morgan fingerprint density at radius 2 is 2.04 bits per heavy atom. The molecule has 0 radical (unpaired) electrons. The molecule has 0 unspecified atom stereocenters. The van der Waals surface area contributed by atoms with Crippen molar-refractivity contribution < 1.29 is 22.9 Å². The van der Waals surface area contributed by atoms with Gasteiger partial charge in [-0.25, -0.2) is 13.4 Å². The smallest absolute Gasteiger partial charge is 0.311 e. The van der Waals surface area contributed by atoms with Crippen LogP contribution in [0.3, 0.4) is 0 Å². The highest BCUT2D eigenvalue weighted by Gasteiger charge is 2.28. The quantitative estimate of drug-likeness (QED) is 0.420. The van der Waals surface area contributed by atoms with Crippen LogP contribution in [0.25, 0.3) is 0 Å². The second-order valence-electron chi connectivity index (χ2n) is 5.96. The number of hydrogen-bond acceptors (Lipinski definition) is 8. The summed E-state index contributed by atoms with van der Waals surface area (Å²) in [6.07, 6.45) is 2.64. The highest BCUT2D eigenvalue weighted by atomic mass is 32.2. The van der Waals surface area contributed by atoms with Crippen molar-refractivity contribution in [2.45, 2.75) is 31.2 Å². The van der Waals surface area contributed by atoms with Gasteiger partial charge in [0, 0.05) is 31.8 Å². The molecule has 0 bridgehead atoms. The van der Waals surface area contributed by atoms with Crippen molar-refractivity contribution in [2.75, 3.05) is 30.9 Å². The summed E-state index contributed by atoms with van der Waals surface area (Å²) in [7, 11) is -3.56. The Bertz CT molecular complexity index is 757. The molecule has 25 heavy (non-hydrogen) atoms. The minimum Gasteiger partial charge on any atom is -0.466 e. The maximum atomic E-state index is 11.7. The van der Waals surface area contributed by atoms with Crippen LogP contribution in [-0.2, 0) is 19.4 Å². The van der Waals surface area contributed by atoms with Gasteiger partial charge < -0.3 is 9.64 Å². The van der Waals surface area contributed by atoms with E-state index >= 15 is 0 Å². The lowest BCUT2D eigenvalue weighted by atomic mass is 9.93. The first kappa shape index (κ1) is 19.1. The molecule has 0 saturated carbocycles. The molecule has 2 heterocycles. The van der Waals surface area contributed by atoms with Gasteiger partial charge in [-0.15, -0.1) is 0 Å². The van der Waals surface area contributed by atoms with Crippen LogP contribution < -0.4 is 4.90 Å². The third kappa shape index (κ3) is 4.88. The molecule has 0 aliphatic carbocycles. The summed E-state index contributed by atoms with van der Waals surface area (Å²) >= 11 is 0. The number of aromatic nitrogens is 1. The third-order valence-electron chi connectivity index (χ3n) is 4.08. The number of rotatable bonds is 6. The molecule has 0 N–H and O–H groups in total. The Kier molecular flexibility index (Phi) is 5.93. The average Bonchev–Trinajstić information content (AvgIpc) is 2.54. The summed E-state index contributed by atoms with van der Waals surface area (Å²) in [6, 6.07) is 2.31. The first-order valence-corrected chi connectivity index (χ1v) is 9.87. The van der Waals surface area contributed by atoms with Crippen LogP contribution in [0.15, 0.2) is 17.2 Å². The number of hydrogen-bond donors (Lipinski definition) is 0. The second-order valence-corrected chi connectivity index (χ2v) is 7.92. The van der Waals surface area contributed by atoms with Crippen molar-refractivity contribution in [3.8, 4) is 0 Å². The van der Waals surface area contributed by atoms with Gasteiger partial charge in [-0.1, -0.05) is 0 Å². The first-order chi connectivity index (χ1) is 11.7. The van der Waals surface area contributed by atoms with E-state index in [0.717, 1.165) is 12.3 Å². The van der Waals surface area contributed by atoms with Crippen LogP contribution in [0.1, 0.15) is 26.2 Å². The van der Waals surface area contributed by atoms with Crippen LogP contribution in [0.4, 0.5) is 11.5 Å². The molecule has 0 amide bonds. The first-order valence-electron chi connectivity index (χ1n) is 7.98. The van der Waals surface area contributed by atoms with Crippen molar-refractivity contribution in [3.63, 3.8) is 0 Å². The number of carbonyl (C=O) groups excluding carboxylic acids is 1. The third-order valence-corrected chi connectivity index (χ3v) is 5.07. The van der Waals surface area contributed by atoms with Gasteiger partial charge in [0.1, 0.15) is 0 Å². The van der Waals surface area contributed by atoms with Gasteiger partial charge in [0.05, 0.1) is 11.5 Å². The summed E-state index contributed by atoms with van der Waals surface area (Å²) in [5.74, 6) is -0.0425. The fourth-order valence-electron chi connectivity index (χ4n) is 2.81. The van der Waals surface area contributed by atoms with E-state index in [1.165, 1.54) is 6.07 Å². The highest BCUT2D eigenvalue weighted by molar-refractivity contribution is 7.90. The van der Waals surface area contributed by atoms with E-state index in [-0.39, 0.29) is 28.4 Å². The maximum Gasteiger partial charge on any atom is 0.311 e. The molecule has 138 valence electrons. The Balaban J connectivity index is 2.16. The summed E-state index contributed by atoms with van der Waals surface area (Å²) < 4.78 is 28.3. The lowest BCUT2D eigenvalue weighted by molar-refractivity contribution is -0.384. The van der Waals surface area contributed by atoms with Crippen LogP contribution in [-0.4, -0.2) is 50.2 Å². The Morgan fingerprint density at radius 1 is 1.40 bits per heavy atom. The van der Waals surface area contributed by atoms with E-state index in [1.54, 1.807) is 11.8 Å². The zero-order chi connectivity index (χ0) is 18.6. The summed E-state index contributed by atoms with van der Waals surface area (Å²) in [6.45, 7) is 3.02. The van der Waals surface area contributed by atoms with Crippen LogP contribution in [0.5, 0.6) is 0 Å². The van der Waals surface area contributed by atoms with E-state index in [4.69, 9.17) is 4.74 Å². The van der Waals surface area contributed by atoms with Crippen molar-refractivity contribution in [3.05, 3.63) is 22.2 Å². The number of ether oxygens (including phenoxy) is 1. The SMILES string of the molecule is CCOC(=O)CC1CCN(c2nc(S(C)(=O)=O)ccc2[N+](=O)[O-])CC1. The van der Waals surface area contributed by atoms with Gasteiger partial charge in [-0.3, -0.25) is 14.9 Å². The monoisotopic (exact) mass is 371 g/mol. The molecule has 1 saturated heterocycles. The number of nitro groups is 1. The molecule has 2 rings (SSSR count). The van der Waals surface area contributed by atoms with Crippen molar-refractivity contribution in [2.24, 2.45) is 5.92 Å². The Hall–Kier alpha value is -2.23. The van der Waals surface area contributed by atoms with E-state index in [0.29, 0.717) is 39.0 Å². The lowest BCUT2D eigenvalue weighted by Gasteiger charge is -2.32. The molecule has 1 aliphatic rings. The zero-order valence-corrected chi connectivity index (χ0v) is 15.0. The minimum atomic E-state index is -3.56. The molecule has 1 aromatic heterocycles. The molecule has 0 spiro atoms. The number of anilines is 1. The largest absolute Gasteiger partial charge is 0.466 e. The highest BCUT2D eigenvalue weighted by Crippen LogP contribution is 2.31. The van der Waals surface area contributed by atoms with Crippen LogP contribution in [0, 0.1) is 16.0 Å².